The van der Waals surface area contributed by atoms with E-state index in [2.05, 4.69) is 118 Å². The molecular weight excluding hydrogens is 484 g/mol. The molecule has 4 rings (SSSR count). The number of halogens is 1. The lowest BCUT2D eigenvalue weighted by atomic mass is 9.87. The Labute approximate surface area is 212 Å². The number of benzene rings is 3. The van der Waals surface area contributed by atoms with E-state index in [9.17, 15) is 5.11 Å². The number of piperazine rings is 1. The minimum atomic E-state index is 0.184. The Kier molecular flexibility index (Phi) is 8.60. The van der Waals surface area contributed by atoms with Crippen molar-refractivity contribution in [3.63, 3.8) is 0 Å². The molecule has 1 N–H and O–H groups in total. The molecule has 3 nitrogen and oxygen atoms in total. The van der Waals surface area contributed by atoms with E-state index in [-0.39, 0.29) is 6.61 Å². The SMILES string of the molecule is CC(C)N1CCN(c2ccc(C(=C(CCCO)c3ccccc3)c3cccc(Br)c3)cc2)CC1. The summed E-state index contributed by atoms with van der Waals surface area (Å²) in [6.45, 7) is 9.10. The van der Waals surface area contributed by atoms with E-state index >= 15 is 0 Å². The van der Waals surface area contributed by atoms with Crippen LogP contribution in [0.4, 0.5) is 5.69 Å². The highest BCUT2D eigenvalue weighted by Crippen LogP contribution is 2.36. The fourth-order valence-electron chi connectivity index (χ4n) is 4.80. The van der Waals surface area contributed by atoms with Crippen LogP contribution in [0.5, 0.6) is 0 Å². The quantitative estimate of drug-likeness (QED) is 0.335. The van der Waals surface area contributed by atoms with Crippen LogP contribution in [0.2, 0.25) is 0 Å². The van der Waals surface area contributed by atoms with E-state index in [0.717, 1.165) is 43.5 Å². The second-order valence-electron chi connectivity index (χ2n) is 9.22. The van der Waals surface area contributed by atoms with Gasteiger partial charge in [0.2, 0.25) is 0 Å². The summed E-state index contributed by atoms with van der Waals surface area (Å²) in [4.78, 5) is 5.04. The third-order valence-electron chi connectivity index (χ3n) is 6.69. The molecule has 1 aliphatic heterocycles. The molecule has 1 heterocycles. The van der Waals surface area contributed by atoms with Gasteiger partial charge in [0.05, 0.1) is 0 Å². The smallest absolute Gasteiger partial charge is 0.0434 e. The molecule has 1 aliphatic rings. The summed E-state index contributed by atoms with van der Waals surface area (Å²) in [6.07, 6.45) is 1.56. The number of hydrogen-bond acceptors (Lipinski definition) is 3. The zero-order chi connectivity index (χ0) is 23.9. The van der Waals surface area contributed by atoms with Crippen LogP contribution in [0.25, 0.3) is 11.1 Å². The topological polar surface area (TPSA) is 26.7 Å². The second kappa shape index (κ2) is 11.8. The Morgan fingerprint density at radius 1 is 0.824 bits per heavy atom. The van der Waals surface area contributed by atoms with Crippen molar-refractivity contribution in [3.8, 4) is 0 Å². The largest absolute Gasteiger partial charge is 0.396 e. The lowest BCUT2D eigenvalue weighted by molar-refractivity contribution is 0.209. The van der Waals surface area contributed by atoms with Gasteiger partial charge in [-0.05, 0) is 78.8 Å². The van der Waals surface area contributed by atoms with Crippen molar-refractivity contribution >= 4 is 32.8 Å². The average molecular weight is 520 g/mol. The summed E-state index contributed by atoms with van der Waals surface area (Å²) < 4.78 is 1.07. The summed E-state index contributed by atoms with van der Waals surface area (Å²) >= 11 is 3.67. The molecular formula is C30H35BrN2O. The first-order valence-electron chi connectivity index (χ1n) is 12.3. The van der Waals surface area contributed by atoms with Crippen LogP contribution >= 0.6 is 15.9 Å². The minimum absolute atomic E-state index is 0.184. The average Bonchev–Trinajstić information content (AvgIpc) is 2.87. The molecule has 3 aromatic carbocycles. The predicted octanol–water partition coefficient (Wildman–Crippen LogP) is 6.71. The first-order valence-corrected chi connectivity index (χ1v) is 13.1. The minimum Gasteiger partial charge on any atom is -0.396 e. The molecule has 3 aromatic rings. The molecule has 0 atom stereocenters. The van der Waals surface area contributed by atoms with Crippen molar-refractivity contribution in [3.05, 3.63) is 100 Å². The Balaban J connectivity index is 1.73. The maximum absolute atomic E-state index is 9.62. The molecule has 34 heavy (non-hydrogen) atoms. The van der Waals surface area contributed by atoms with Crippen LogP contribution in [0.1, 0.15) is 43.4 Å². The number of rotatable bonds is 8. The summed E-state index contributed by atoms with van der Waals surface area (Å²) in [5.74, 6) is 0. The summed E-state index contributed by atoms with van der Waals surface area (Å²) in [5, 5.41) is 9.62. The van der Waals surface area contributed by atoms with E-state index in [1.54, 1.807) is 0 Å². The highest BCUT2D eigenvalue weighted by Gasteiger charge is 2.20. The van der Waals surface area contributed by atoms with E-state index < -0.39 is 0 Å². The Morgan fingerprint density at radius 2 is 1.50 bits per heavy atom. The van der Waals surface area contributed by atoms with Gasteiger partial charge in [-0.2, -0.15) is 0 Å². The van der Waals surface area contributed by atoms with Crippen LogP contribution in [-0.2, 0) is 0 Å². The molecule has 0 bridgehead atoms. The van der Waals surface area contributed by atoms with Crippen LogP contribution in [0.15, 0.2) is 83.3 Å². The predicted molar refractivity (Wildman–Crippen MR) is 148 cm³/mol. The van der Waals surface area contributed by atoms with E-state index in [0.29, 0.717) is 6.04 Å². The van der Waals surface area contributed by atoms with Gasteiger partial charge in [-0.3, -0.25) is 4.90 Å². The first kappa shape index (κ1) is 24.7. The number of aliphatic hydroxyl groups is 1. The van der Waals surface area contributed by atoms with Gasteiger partial charge in [0.1, 0.15) is 0 Å². The summed E-state index contributed by atoms with van der Waals surface area (Å²) in [7, 11) is 0. The molecule has 1 fully saturated rings. The number of hydrogen-bond donors (Lipinski definition) is 1. The molecule has 0 aromatic heterocycles. The fraction of sp³-hybridized carbons (Fsp3) is 0.333. The zero-order valence-corrected chi connectivity index (χ0v) is 21.8. The Bertz CT molecular complexity index is 1080. The van der Waals surface area contributed by atoms with Crippen molar-refractivity contribution < 1.29 is 5.11 Å². The Hall–Kier alpha value is -2.40. The fourth-order valence-corrected chi connectivity index (χ4v) is 5.20. The zero-order valence-electron chi connectivity index (χ0n) is 20.3. The van der Waals surface area contributed by atoms with Gasteiger partial charge in [0.15, 0.2) is 0 Å². The standard InChI is InChI=1S/C30H35BrN2O/c1-23(2)32-17-19-33(20-18-32)28-15-13-25(14-16-28)30(26-10-6-11-27(31)22-26)29(12-7-21-34)24-8-4-3-5-9-24/h3-6,8-11,13-16,22-23,34H,7,12,17-21H2,1-2H3. The van der Waals surface area contributed by atoms with Crippen molar-refractivity contribution in [1.29, 1.82) is 0 Å². The normalized spacial score (nSPS) is 15.5. The number of anilines is 1. The van der Waals surface area contributed by atoms with Gasteiger partial charge in [0.25, 0.3) is 0 Å². The summed E-state index contributed by atoms with van der Waals surface area (Å²) in [6, 6.07) is 28.8. The molecule has 0 saturated carbocycles. The van der Waals surface area contributed by atoms with Gasteiger partial charge in [0, 0.05) is 49.0 Å². The highest BCUT2D eigenvalue weighted by molar-refractivity contribution is 9.10. The molecule has 1 saturated heterocycles. The first-order chi connectivity index (χ1) is 16.6. The van der Waals surface area contributed by atoms with Crippen molar-refractivity contribution in [2.45, 2.75) is 32.7 Å². The maximum Gasteiger partial charge on any atom is 0.0434 e. The third-order valence-corrected chi connectivity index (χ3v) is 7.18. The number of aliphatic hydroxyl groups excluding tert-OH is 1. The molecule has 0 amide bonds. The third kappa shape index (κ3) is 5.99. The maximum atomic E-state index is 9.62. The molecule has 0 radical (unpaired) electrons. The molecule has 0 aliphatic carbocycles. The summed E-state index contributed by atoms with van der Waals surface area (Å²) in [5.41, 5.74) is 7.39. The molecule has 4 heteroatoms. The van der Waals surface area contributed by atoms with Gasteiger partial charge in [-0.15, -0.1) is 0 Å². The molecule has 0 spiro atoms. The molecule has 178 valence electrons. The van der Waals surface area contributed by atoms with Crippen LogP contribution < -0.4 is 4.90 Å². The lowest BCUT2D eigenvalue weighted by Crippen LogP contribution is -2.48. The van der Waals surface area contributed by atoms with Crippen molar-refractivity contribution in [1.82, 2.24) is 4.90 Å². The monoisotopic (exact) mass is 518 g/mol. The van der Waals surface area contributed by atoms with Crippen molar-refractivity contribution in [2.24, 2.45) is 0 Å². The highest BCUT2D eigenvalue weighted by atomic mass is 79.9. The van der Waals surface area contributed by atoms with Gasteiger partial charge >= 0.3 is 0 Å². The van der Waals surface area contributed by atoms with Gasteiger partial charge in [-0.25, -0.2) is 0 Å². The van der Waals surface area contributed by atoms with Crippen LogP contribution in [-0.4, -0.2) is 48.8 Å². The van der Waals surface area contributed by atoms with E-state index in [1.165, 1.54) is 33.5 Å². The second-order valence-corrected chi connectivity index (χ2v) is 10.1. The lowest BCUT2D eigenvalue weighted by Gasteiger charge is -2.38. The van der Waals surface area contributed by atoms with E-state index in [4.69, 9.17) is 0 Å². The van der Waals surface area contributed by atoms with Gasteiger partial charge < -0.3 is 10.0 Å². The van der Waals surface area contributed by atoms with Crippen LogP contribution in [0, 0.1) is 0 Å². The van der Waals surface area contributed by atoms with E-state index in [1.807, 2.05) is 0 Å². The van der Waals surface area contributed by atoms with Crippen LogP contribution in [0.3, 0.4) is 0 Å². The Morgan fingerprint density at radius 3 is 2.12 bits per heavy atom. The number of nitrogens with zero attached hydrogens (tertiary/aromatic N) is 2. The number of allylic oxidation sites excluding steroid dienone is 1. The van der Waals surface area contributed by atoms with Gasteiger partial charge in [-0.1, -0.05) is 70.5 Å². The molecule has 0 unspecified atom stereocenters. The van der Waals surface area contributed by atoms with Crippen molar-refractivity contribution in [2.75, 3.05) is 37.7 Å².